The third kappa shape index (κ3) is 3.81. The molecule has 17 heavy (non-hydrogen) atoms. The fraction of sp³-hybridized carbons (Fsp3) is 0.400. The van der Waals surface area contributed by atoms with Crippen molar-refractivity contribution >= 4 is 11.6 Å². The minimum Gasteiger partial charge on any atom is -0.307 e. The van der Waals surface area contributed by atoms with Gasteiger partial charge in [-0.1, -0.05) is 17.7 Å². The molecule has 1 aromatic rings. The van der Waals surface area contributed by atoms with Crippen molar-refractivity contribution < 1.29 is 22.0 Å². The first-order chi connectivity index (χ1) is 7.84. The Bertz CT molecular complexity index is 363. The molecule has 0 aliphatic heterocycles. The van der Waals surface area contributed by atoms with E-state index in [0.29, 0.717) is 0 Å². The summed E-state index contributed by atoms with van der Waals surface area (Å²) in [7, 11) is 0. The Kier molecular flexibility index (Phi) is 4.70. The van der Waals surface area contributed by atoms with Crippen LogP contribution in [0, 0.1) is 5.82 Å². The van der Waals surface area contributed by atoms with E-state index in [0.717, 1.165) is 6.07 Å². The largest absolute Gasteiger partial charge is 0.319 e. The predicted molar refractivity (Wildman–Crippen MR) is 54.1 cm³/mol. The van der Waals surface area contributed by atoms with E-state index in [1.54, 1.807) is 0 Å². The smallest absolute Gasteiger partial charge is 0.307 e. The van der Waals surface area contributed by atoms with Gasteiger partial charge in [0.05, 0.1) is 6.54 Å². The highest BCUT2D eigenvalue weighted by atomic mass is 35.5. The molecule has 0 fully saturated rings. The summed E-state index contributed by atoms with van der Waals surface area (Å²) in [6.07, 6.45) is -3.76. The molecule has 0 unspecified atom stereocenters. The lowest BCUT2D eigenvalue weighted by atomic mass is 10.2. The van der Waals surface area contributed by atoms with E-state index in [-0.39, 0.29) is 17.1 Å². The van der Waals surface area contributed by atoms with Crippen LogP contribution in [0.5, 0.6) is 0 Å². The van der Waals surface area contributed by atoms with Crippen LogP contribution in [0.25, 0.3) is 0 Å². The van der Waals surface area contributed by atoms with Gasteiger partial charge in [0.1, 0.15) is 5.82 Å². The first-order valence-corrected chi connectivity index (χ1v) is 5.02. The van der Waals surface area contributed by atoms with E-state index in [4.69, 9.17) is 11.6 Å². The molecule has 0 bridgehead atoms. The normalized spacial score (nSPS) is 12.2. The topological polar surface area (TPSA) is 12.0 Å². The van der Waals surface area contributed by atoms with Gasteiger partial charge in [0, 0.05) is 17.1 Å². The second kappa shape index (κ2) is 5.64. The highest BCUT2D eigenvalue weighted by molar-refractivity contribution is 6.31. The number of nitrogens with one attached hydrogen (secondary N) is 1. The van der Waals surface area contributed by atoms with E-state index in [2.05, 4.69) is 5.32 Å². The molecule has 0 radical (unpaired) electrons. The van der Waals surface area contributed by atoms with Crippen LogP contribution in [-0.2, 0) is 6.54 Å². The molecule has 0 atom stereocenters. The Labute approximate surface area is 99.6 Å². The number of alkyl halides is 4. The SMILES string of the molecule is Fc1cccc(Cl)c1CNCC(F)(F)C(F)F. The molecule has 96 valence electrons. The van der Waals surface area contributed by atoms with Crippen LogP contribution in [0.3, 0.4) is 0 Å². The van der Waals surface area contributed by atoms with Crippen LogP contribution in [0.1, 0.15) is 5.56 Å². The summed E-state index contributed by atoms with van der Waals surface area (Å²) < 4.78 is 61.8. The van der Waals surface area contributed by atoms with Crippen molar-refractivity contribution in [2.45, 2.75) is 18.9 Å². The van der Waals surface area contributed by atoms with Gasteiger partial charge in [-0.3, -0.25) is 0 Å². The molecule has 1 nitrogen and oxygen atoms in total. The molecule has 0 aliphatic rings. The van der Waals surface area contributed by atoms with Crippen molar-refractivity contribution in [3.63, 3.8) is 0 Å². The lowest BCUT2D eigenvalue weighted by Crippen LogP contribution is -2.38. The van der Waals surface area contributed by atoms with E-state index in [1.165, 1.54) is 12.1 Å². The second-order valence-corrected chi connectivity index (χ2v) is 3.77. The van der Waals surface area contributed by atoms with Crippen molar-refractivity contribution in [1.82, 2.24) is 5.32 Å². The highest BCUT2D eigenvalue weighted by Gasteiger charge is 2.40. The van der Waals surface area contributed by atoms with E-state index in [9.17, 15) is 22.0 Å². The molecule has 0 amide bonds. The lowest BCUT2D eigenvalue weighted by molar-refractivity contribution is -0.125. The summed E-state index contributed by atoms with van der Waals surface area (Å²) in [4.78, 5) is 0. The van der Waals surface area contributed by atoms with Crippen LogP contribution < -0.4 is 5.32 Å². The summed E-state index contributed by atoms with van der Waals surface area (Å²) in [6.45, 7) is -1.58. The zero-order valence-corrected chi connectivity index (χ0v) is 9.25. The summed E-state index contributed by atoms with van der Waals surface area (Å²) in [6, 6.07) is 3.84. The fourth-order valence-corrected chi connectivity index (χ4v) is 1.36. The highest BCUT2D eigenvalue weighted by Crippen LogP contribution is 2.22. The molecule has 0 aliphatic carbocycles. The molecule has 7 heteroatoms. The molecule has 0 saturated carbocycles. The minimum atomic E-state index is -4.14. The fourth-order valence-electron chi connectivity index (χ4n) is 1.13. The Morgan fingerprint density at radius 3 is 2.47 bits per heavy atom. The molecular weight excluding hydrogens is 265 g/mol. The Morgan fingerprint density at radius 2 is 1.94 bits per heavy atom. The number of hydrogen-bond donors (Lipinski definition) is 1. The van der Waals surface area contributed by atoms with E-state index >= 15 is 0 Å². The zero-order chi connectivity index (χ0) is 13.1. The van der Waals surface area contributed by atoms with Gasteiger partial charge in [0.25, 0.3) is 0 Å². The first kappa shape index (κ1) is 14.2. The maximum Gasteiger partial charge on any atom is 0.319 e. The second-order valence-electron chi connectivity index (χ2n) is 3.37. The molecule has 1 aromatic carbocycles. The maximum atomic E-state index is 13.2. The van der Waals surface area contributed by atoms with Crippen molar-refractivity contribution in [1.29, 1.82) is 0 Å². The Balaban J connectivity index is 2.57. The Morgan fingerprint density at radius 1 is 1.29 bits per heavy atom. The molecule has 0 heterocycles. The first-order valence-electron chi connectivity index (χ1n) is 4.64. The van der Waals surface area contributed by atoms with Crippen molar-refractivity contribution in [2.75, 3.05) is 6.54 Å². The van der Waals surface area contributed by atoms with Gasteiger partial charge in [0.2, 0.25) is 0 Å². The van der Waals surface area contributed by atoms with Crippen LogP contribution in [0.4, 0.5) is 22.0 Å². The molecular formula is C10H9ClF5N. The predicted octanol–water partition coefficient (Wildman–Crippen LogP) is 3.47. The van der Waals surface area contributed by atoms with Gasteiger partial charge >= 0.3 is 12.3 Å². The van der Waals surface area contributed by atoms with Gasteiger partial charge in [-0.25, -0.2) is 13.2 Å². The standard InChI is InChI=1S/C10H9ClF5N/c11-7-2-1-3-8(12)6(7)4-17-5-10(15,16)9(13)14/h1-3,9,17H,4-5H2. The summed E-state index contributed by atoms with van der Waals surface area (Å²) in [5.74, 6) is -4.82. The molecule has 0 saturated heterocycles. The van der Waals surface area contributed by atoms with Crippen LogP contribution in [-0.4, -0.2) is 18.9 Å². The third-order valence-electron chi connectivity index (χ3n) is 2.04. The summed E-state index contributed by atoms with van der Waals surface area (Å²) >= 11 is 5.63. The van der Waals surface area contributed by atoms with E-state index < -0.39 is 24.7 Å². The lowest BCUT2D eigenvalue weighted by Gasteiger charge is -2.16. The van der Waals surface area contributed by atoms with Crippen molar-refractivity contribution in [2.24, 2.45) is 0 Å². The average molecular weight is 274 g/mol. The molecule has 0 spiro atoms. The molecule has 0 aromatic heterocycles. The van der Waals surface area contributed by atoms with Crippen molar-refractivity contribution in [3.05, 3.63) is 34.6 Å². The maximum absolute atomic E-state index is 13.2. The van der Waals surface area contributed by atoms with Crippen LogP contribution >= 0.6 is 11.6 Å². The van der Waals surface area contributed by atoms with Gasteiger partial charge in [-0.05, 0) is 12.1 Å². The summed E-state index contributed by atoms with van der Waals surface area (Å²) in [5, 5.41) is 2.10. The van der Waals surface area contributed by atoms with Crippen LogP contribution in [0.2, 0.25) is 5.02 Å². The van der Waals surface area contributed by atoms with Crippen molar-refractivity contribution in [3.8, 4) is 0 Å². The van der Waals surface area contributed by atoms with Gasteiger partial charge in [-0.15, -0.1) is 0 Å². The number of halogens is 6. The third-order valence-corrected chi connectivity index (χ3v) is 2.40. The molecule has 1 N–H and O–H groups in total. The van der Waals surface area contributed by atoms with E-state index in [1.807, 2.05) is 0 Å². The molecule has 1 rings (SSSR count). The number of benzene rings is 1. The zero-order valence-electron chi connectivity index (χ0n) is 8.49. The minimum absolute atomic E-state index is 0.0285. The Hall–Kier alpha value is -0.880. The average Bonchev–Trinajstić information content (AvgIpc) is 2.22. The quantitative estimate of drug-likeness (QED) is 0.810. The summed E-state index contributed by atoms with van der Waals surface area (Å²) in [5.41, 5.74) is -0.0285. The monoisotopic (exact) mass is 273 g/mol. The number of hydrogen-bond acceptors (Lipinski definition) is 1. The van der Waals surface area contributed by atoms with Gasteiger partial charge in [0.15, 0.2) is 0 Å². The van der Waals surface area contributed by atoms with Gasteiger partial charge < -0.3 is 5.32 Å². The van der Waals surface area contributed by atoms with Crippen LogP contribution in [0.15, 0.2) is 18.2 Å². The van der Waals surface area contributed by atoms with Gasteiger partial charge in [-0.2, -0.15) is 8.78 Å². The number of rotatable bonds is 5.